The van der Waals surface area contributed by atoms with E-state index in [4.69, 9.17) is 11.6 Å². The summed E-state index contributed by atoms with van der Waals surface area (Å²) in [6.07, 6.45) is 1.50. The van der Waals surface area contributed by atoms with Gasteiger partial charge in [0.05, 0.1) is 11.4 Å². The maximum absolute atomic E-state index is 12.5. The van der Waals surface area contributed by atoms with Crippen molar-refractivity contribution in [3.8, 4) is 11.8 Å². The molecule has 0 aliphatic rings. The lowest BCUT2D eigenvalue weighted by atomic mass is 10.0. The number of halogens is 1. The van der Waals surface area contributed by atoms with Gasteiger partial charge in [0.2, 0.25) is 5.78 Å². The summed E-state index contributed by atoms with van der Waals surface area (Å²) in [5.74, 6) is -0.342. The summed E-state index contributed by atoms with van der Waals surface area (Å²) in [6.45, 7) is 1.79. The minimum absolute atomic E-state index is 0.0174. The number of allylic oxidation sites excluding steroid dienone is 1. The third-order valence-electron chi connectivity index (χ3n) is 3.74. The van der Waals surface area contributed by atoms with Crippen molar-refractivity contribution < 1.29 is 4.79 Å². The van der Waals surface area contributed by atoms with Crippen LogP contribution in [0.1, 0.15) is 21.6 Å². The molecular weight excluding hydrogens is 334 g/mol. The summed E-state index contributed by atoms with van der Waals surface area (Å²) in [4.78, 5) is 12.5. The normalized spacial score (nSPS) is 11.2. The van der Waals surface area contributed by atoms with E-state index in [1.807, 2.05) is 42.5 Å². The number of nitriles is 1. The molecule has 1 heterocycles. The molecule has 0 unspecified atom stereocenters. The van der Waals surface area contributed by atoms with Crippen LogP contribution in [0.5, 0.6) is 0 Å². The first-order valence-corrected chi connectivity index (χ1v) is 8.01. The smallest absolute Gasteiger partial charge is 0.203 e. The Bertz CT molecular complexity index is 983. The number of carbonyl (C=O) groups excluding carboxylic acids is 1. The van der Waals surface area contributed by atoms with Crippen molar-refractivity contribution in [3.05, 3.63) is 88.2 Å². The zero-order valence-electron chi connectivity index (χ0n) is 13.5. The standard InChI is InChI=1S/C20H14ClN3O/c1-14-18(20(21)24(23-14)17-10-6-3-7-11-17)12-16(13-22)19(25)15-8-4-2-5-9-15/h2-12H,1H3/b16-12+. The molecule has 1 aromatic heterocycles. The first-order chi connectivity index (χ1) is 12.1. The molecule has 0 atom stereocenters. The van der Waals surface area contributed by atoms with Crippen molar-refractivity contribution >= 4 is 23.5 Å². The molecule has 5 heteroatoms. The molecule has 0 aliphatic carbocycles. The second kappa shape index (κ2) is 7.16. The first-order valence-electron chi connectivity index (χ1n) is 7.64. The van der Waals surface area contributed by atoms with Crippen molar-refractivity contribution in [2.24, 2.45) is 0 Å². The topological polar surface area (TPSA) is 58.7 Å². The molecule has 0 radical (unpaired) electrons. The van der Waals surface area contributed by atoms with Gasteiger partial charge in [-0.15, -0.1) is 0 Å². The van der Waals surface area contributed by atoms with Gasteiger partial charge < -0.3 is 0 Å². The summed E-state index contributed by atoms with van der Waals surface area (Å²) >= 11 is 6.45. The predicted molar refractivity (Wildman–Crippen MR) is 97.7 cm³/mol. The maximum atomic E-state index is 12.5. The third kappa shape index (κ3) is 3.37. The van der Waals surface area contributed by atoms with Gasteiger partial charge in [-0.25, -0.2) is 4.68 Å². The van der Waals surface area contributed by atoms with Crippen molar-refractivity contribution in [2.75, 3.05) is 0 Å². The van der Waals surface area contributed by atoms with E-state index < -0.39 is 0 Å². The number of hydrogen-bond acceptors (Lipinski definition) is 3. The van der Waals surface area contributed by atoms with Gasteiger partial charge >= 0.3 is 0 Å². The molecule has 0 N–H and O–H groups in total. The average molecular weight is 348 g/mol. The Labute approximate surface area is 150 Å². The molecule has 0 bridgehead atoms. The SMILES string of the molecule is Cc1nn(-c2ccccc2)c(Cl)c1/C=C(\C#N)C(=O)c1ccccc1. The van der Waals surface area contributed by atoms with E-state index in [0.717, 1.165) is 5.69 Å². The molecule has 0 aliphatic heterocycles. The highest BCUT2D eigenvalue weighted by atomic mass is 35.5. The fourth-order valence-electron chi connectivity index (χ4n) is 2.45. The molecule has 122 valence electrons. The average Bonchev–Trinajstić information content (AvgIpc) is 2.94. The number of para-hydroxylation sites is 1. The van der Waals surface area contributed by atoms with E-state index >= 15 is 0 Å². The molecule has 3 aromatic rings. The lowest BCUT2D eigenvalue weighted by Crippen LogP contribution is -2.01. The van der Waals surface area contributed by atoms with Crippen LogP contribution < -0.4 is 0 Å². The third-order valence-corrected chi connectivity index (χ3v) is 4.10. The van der Waals surface area contributed by atoms with E-state index in [1.54, 1.807) is 35.9 Å². The van der Waals surface area contributed by atoms with Crippen molar-refractivity contribution in [1.82, 2.24) is 9.78 Å². The fraction of sp³-hybridized carbons (Fsp3) is 0.0500. The van der Waals surface area contributed by atoms with E-state index in [1.165, 1.54) is 6.08 Å². The highest BCUT2D eigenvalue weighted by molar-refractivity contribution is 6.31. The molecular formula is C20H14ClN3O. The Morgan fingerprint density at radius 2 is 1.72 bits per heavy atom. The summed E-state index contributed by atoms with van der Waals surface area (Å²) in [5, 5.41) is 14.2. The number of hydrogen-bond donors (Lipinski definition) is 0. The van der Waals surface area contributed by atoms with Crippen LogP contribution in [0.2, 0.25) is 5.15 Å². The highest BCUT2D eigenvalue weighted by Crippen LogP contribution is 2.26. The molecule has 4 nitrogen and oxygen atoms in total. The van der Waals surface area contributed by atoms with Crippen LogP contribution in [0.3, 0.4) is 0 Å². The van der Waals surface area contributed by atoms with Gasteiger partial charge in [0.25, 0.3) is 0 Å². The second-order valence-corrected chi connectivity index (χ2v) is 5.76. The number of nitrogens with zero attached hydrogens (tertiary/aromatic N) is 3. The zero-order valence-corrected chi connectivity index (χ0v) is 14.2. The summed E-state index contributed by atoms with van der Waals surface area (Å²) in [5.41, 5.74) is 2.49. The molecule has 0 spiro atoms. The minimum Gasteiger partial charge on any atom is -0.288 e. The summed E-state index contributed by atoms with van der Waals surface area (Å²) in [7, 11) is 0. The van der Waals surface area contributed by atoms with Gasteiger partial charge in [0.1, 0.15) is 16.8 Å². The van der Waals surface area contributed by atoms with E-state index in [0.29, 0.717) is 22.0 Å². The van der Waals surface area contributed by atoms with Gasteiger partial charge in [0, 0.05) is 11.1 Å². The van der Waals surface area contributed by atoms with Crippen LogP contribution in [-0.4, -0.2) is 15.6 Å². The monoisotopic (exact) mass is 347 g/mol. The van der Waals surface area contributed by atoms with Crippen LogP contribution >= 0.6 is 11.6 Å². The van der Waals surface area contributed by atoms with Crippen LogP contribution in [-0.2, 0) is 0 Å². The Morgan fingerprint density at radius 3 is 2.32 bits per heavy atom. The number of aryl methyl sites for hydroxylation is 1. The molecule has 0 saturated carbocycles. The molecule has 0 amide bonds. The van der Waals surface area contributed by atoms with Gasteiger partial charge in [-0.3, -0.25) is 4.79 Å². The van der Waals surface area contributed by atoms with Gasteiger partial charge in [0.15, 0.2) is 0 Å². The molecule has 0 saturated heterocycles. The first kappa shape index (κ1) is 16.7. The second-order valence-electron chi connectivity index (χ2n) is 5.40. The van der Waals surface area contributed by atoms with Crippen LogP contribution in [0.25, 0.3) is 11.8 Å². The van der Waals surface area contributed by atoms with Crippen LogP contribution in [0.15, 0.2) is 66.2 Å². The molecule has 0 fully saturated rings. The number of carbonyl (C=O) groups is 1. The quantitative estimate of drug-likeness (QED) is 0.393. The Kier molecular flexibility index (Phi) is 4.78. The maximum Gasteiger partial charge on any atom is 0.203 e. The number of Topliss-reactive ketones (excluding diaryl/α,β-unsaturated/α-hetero) is 1. The summed E-state index contributed by atoms with van der Waals surface area (Å²) in [6, 6.07) is 20.1. The lowest BCUT2D eigenvalue weighted by molar-refractivity contribution is 0.104. The van der Waals surface area contributed by atoms with Crippen LogP contribution in [0, 0.1) is 18.3 Å². The van der Waals surface area contributed by atoms with Crippen molar-refractivity contribution in [1.29, 1.82) is 5.26 Å². The fourth-order valence-corrected chi connectivity index (χ4v) is 2.78. The van der Waals surface area contributed by atoms with Gasteiger partial charge in [-0.05, 0) is 25.1 Å². The summed E-state index contributed by atoms with van der Waals surface area (Å²) < 4.78 is 1.59. The Hall–Kier alpha value is -3.16. The predicted octanol–water partition coefficient (Wildman–Crippen LogP) is 4.62. The number of aromatic nitrogens is 2. The van der Waals surface area contributed by atoms with E-state index in [9.17, 15) is 10.1 Å². The van der Waals surface area contributed by atoms with Gasteiger partial charge in [-0.1, -0.05) is 60.1 Å². The zero-order chi connectivity index (χ0) is 17.8. The van der Waals surface area contributed by atoms with Crippen LogP contribution in [0.4, 0.5) is 0 Å². The highest BCUT2D eigenvalue weighted by Gasteiger charge is 2.17. The van der Waals surface area contributed by atoms with Crippen molar-refractivity contribution in [2.45, 2.75) is 6.92 Å². The largest absolute Gasteiger partial charge is 0.288 e. The Balaban J connectivity index is 2.04. The molecule has 25 heavy (non-hydrogen) atoms. The Morgan fingerprint density at radius 1 is 1.12 bits per heavy atom. The van der Waals surface area contributed by atoms with E-state index in [-0.39, 0.29) is 11.4 Å². The molecule has 3 rings (SSSR count). The van der Waals surface area contributed by atoms with Crippen molar-refractivity contribution in [3.63, 3.8) is 0 Å². The van der Waals surface area contributed by atoms with Gasteiger partial charge in [-0.2, -0.15) is 10.4 Å². The number of rotatable bonds is 4. The minimum atomic E-state index is -0.342. The number of ketones is 1. The lowest BCUT2D eigenvalue weighted by Gasteiger charge is -2.02. The van der Waals surface area contributed by atoms with E-state index in [2.05, 4.69) is 5.10 Å². The molecule has 2 aromatic carbocycles. The number of benzene rings is 2.